The average Bonchev–Trinajstić information content (AvgIpc) is 4.08. The van der Waals surface area contributed by atoms with Crippen molar-refractivity contribution in [2.75, 3.05) is 4.90 Å². The van der Waals surface area contributed by atoms with Crippen LogP contribution in [0.5, 0.6) is 0 Å². The molecule has 3 nitrogen and oxygen atoms in total. The van der Waals surface area contributed by atoms with Crippen LogP contribution in [0.2, 0.25) is 0 Å². The van der Waals surface area contributed by atoms with Gasteiger partial charge >= 0.3 is 0 Å². The Labute approximate surface area is 403 Å². The minimum atomic E-state index is -0.143. The molecule has 0 saturated heterocycles. The monoisotopic (exact) mass is 886 g/mol. The molecule has 2 heterocycles. The summed E-state index contributed by atoms with van der Waals surface area (Å²) in [4.78, 5) is 2.47. The number of rotatable bonds is 6. The summed E-state index contributed by atoms with van der Waals surface area (Å²) in [5.74, 6) is 0. The Hall–Kier alpha value is -8.14. The van der Waals surface area contributed by atoms with Crippen molar-refractivity contribution < 1.29 is 4.42 Å². The maximum atomic E-state index is 6.79. The summed E-state index contributed by atoms with van der Waals surface area (Å²) < 4.78 is 9.33. The molecule has 69 heavy (non-hydrogen) atoms. The Morgan fingerprint density at radius 3 is 1.94 bits per heavy atom. The van der Waals surface area contributed by atoms with Gasteiger partial charge in [0.2, 0.25) is 0 Å². The number of fused-ring (bicyclic) bond motifs is 12. The van der Waals surface area contributed by atoms with Crippen LogP contribution in [0.3, 0.4) is 0 Å². The van der Waals surface area contributed by atoms with Crippen LogP contribution in [0.15, 0.2) is 205 Å². The largest absolute Gasteiger partial charge is 0.456 e. The number of benzene rings is 9. The molecule has 0 amide bonds. The van der Waals surface area contributed by atoms with Crippen LogP contribution in [0, 0.1) is 0 Å². The number of furan rings is 1. The lowest BCUT2D eigenvalue weighted by Gasteiger charge is -2.29. The molecule has 3 aliphatic rings. The van der Waals surface area contributed by atoms with E-state index in [4.69, 9.17) is 4.42 Å². The summed E-state index contributed by atoms with van der Waals surface area (Å²) >= 11 is 0. The van der Waals surface area contributed by atoms with Gasteiger partial charge in [-0.15, -0.1) is 0 Å². The van der Waals surface area contributed by atoms with Crippen LogP contribution < -0.4 is 4.90 Å². The molecule has 3 heteroatoms. The highest BCUT2D eigenvalue weighted by Crippen LogP contribution is 2.56. The molecule has 14 rings (SSSR count). The number of anilines is 3. The van der Waals surface area contributed by atoms with Crippen LogP contribution in [0.25, 0.3) is 89.1 Å². The molecule has 0 radical (unpaired) electrons. The van der Waals surface area contributed by atoms with E-state index in [1.165, 1.54) is 89.0 Å². The van der Waals surface area contributed by atoms with Crippen molar-refractivity contribution in [2.24, 2.45) is 0 Å². The molecule has 0 unspecified atom stereocenters. The van der Waals surface area contributed by atoms with Gasteiger partial charge in [-0.2, -0.15) is 0 Å². The number of hydrogen-bond acceptors (Lipinski definition) is 2. The highest BCUT2D eigenvalue weighted by molar-refractivity contribution is 6.15. The number of hydrogen-bond donors (Lipinski definition) is 0. The van der Waals surface area contributed by atoms with Crippen molar-refractivity contribution in [1.82, 2.24) is 4.57 Å². The smallest absolute Gasteiger partial charge is 0.137 e. The first-order valence-electron chi connectivity index (χ1n) is 24.5. The third kappa shape index (κ3) is 5.80. The van der Waals surface area contributed by atoms with E-state index in [1.54, 1.807) is 0 Å². The van der Waals surface area contributed by atoms with Gasteiger partial charge in [0.25, 0.3) is 0 Å². The van der Waals surface area contributed by atoms with Gasteiger partial charge in [-0.3, -0.25) is 0 Å². The van der Waals surface area contributed by atoms with Crippen LogP contribution in [0.1, 0.15) is 67.6 Å². The Balaban J connectivity index is 0.934. The van der Waals surface area contributed by atoms with Crippen molar-refractivity contribution in [3.05, 3.63) is 234 Å². The van der Waals surface area contributed by atoms with Gasteiger partial charge in [-0.1, -0.05) is 167 Å². The summed E-state index contributed by atoms with van der Waals surface area (Å²) in [7, 11) is 0. The lowest BCUT2D eigenvalue weighted by Crippen LogP contribution is -2.16. The molecule has 11 aromatic rings. The molecule has 0 saturated carbocycles. The second-order valence-electron chi connectivity index (χ2n) is 20.4. The number of nitrogens with zero attached hydrogens (tertiary/aromatic N) is 2. The molecule has 330 valence electrons. The van der Waals surface area contributed by atoms with Crippen molar-refractivity contribution in [3.8, 4) is 50.2 Å². The van der Waals surface area contributed by atoms with E-state index in [0.29, 0.717) is 0 Å². The fourth-order valence-corrected chi connectivity index (χ4v) is 12.5. The minimum Gasteiger partial charge on any atom is -0.456 e. The SMILES string of the molecule is CC1(C)c2ccccc2-c2ccc(-n3c4c(c5cc(-c6ccc7oc8cccc(N(c9ccc(-c%10ccccc%10)cc9)c9cccc%10c9-c9ccccc9C%10(C)C)c8c7c6)ccc53)C=CCC4)cc21. The molecule has 0 fully saturated rings. The topological polar surface area (TPSA) is 21.3 Å². The molecular formula is C66H50N2O. The molecular weight excluding hydrogens is 837 g/mol. The van der Waals surface area contributed by atoms with Crippen LogP contribution in [-0.2, 0) is 17.3 Å². The Bertz CT molecular complexity index is 3950. The lowest BCUT2D eigenvalue weighted by molar-refractivity contribution is 0.659. The Kier molecular flexibility index (Phi) is 8.50. The fraction of sp³-hybridized carbons (Fsp3) is 0.121. The van der Waals surface area contributed by atoms with Gasteiger partial charge in [0.05, 0.1) is 22.3 Å². The van der Waals surface area contributed by atoms with Gasteiger partial charge < -0.3 is 13.9 Å². The molecule has 0 N–H and O–H groups in total. The van der Waals surface area contributed by atoms with E-state index in [9.17, 15) is 0 Å². The third-order valence-electron chi connectivity index (χ3n) is 15.9. The van der Waals surface area contributed by atoms with E-state index in [1.807, 2.05) is 0 Å². The second kappa shape index (κ2) is 14.7. The van der Waals surface area contributed by atoms with Gasteiger partial charge in [0.15, 0.2) is 0 Å². The van der Waals surface area contributed by atoms with Gasteiger partial charge in [0, 0.05) is 49.8 Å². The maximum absolute atomic E-state index is 6.79. The highest BCUT2D eigenvalue weighted by Gasteiger charge is 2.39. The van der Waals surface area contributed by atoms with E-state index < -0.39 is 0 Å². The van der Waals surface area contributed by atoms with Crippen LogP contribution in [0.4, 0.5) is 17.1 Å². The predicted molar refractivity (Wildman–Crippen MR) is 289 cm³/mol. The third-order valence-corrected chi connectivity index (χ3v) is 15.9. The summed E-state index contributed by atoms with van der Waals surface area (Å²) in [6.07, 6.45) is 6.74. The molecule has 0 atom stereocenters. The van der Waals surface area contributed by atoms with Crippen molar-refractivity contribution in [2.45, 2.75) is 51.4 Å². The van der Waals surface area contributed by atoms with E-state index in [2.05, 4.69) is 243 Å². The zero-order valence-electron chi connectivity index (χ0n) is 39.3. The van der Waals surface area contributed by atoms with Crippen LogP contribution >= 0.6 is 0 Å². The summed E-state index contributed by atoms with van der Waals surface area (Å²) in [5.41, 5.74) is 25.6. The quantitative estimate of drug-likeness (QED) is 0.166. The molecule has 3 aliphatic carbocycles. The van der Waals surface area contributed by atoms with Crippen molar-refractivity contribution in [1.29, 1.82) is 0 Å². The van der Waals surface area contributed by atoms with Crippen molar-refractivity contribution in [3.63, 3.8) is 0 Å². The van der Waals surface area contributed by atoms with E-state index in [-0.39, 0.29) is 10.8 Å². The average molecular weight is 887 g/mol. The Morgan fingerprint density at radius 1 is 0.478 bits per heavy atom. The first kappa shape index (κ1) is 40.0. The van der Waals surface area contributed by atoms with E-state index >= 15 is 0 Å². The predicted octanol–water partition coefficient (Wildman–Crippen LogP) is 17.9. The minimum absolute atomic E-state index is 0.0682. The summed E-state index contributed by atoms with van der Waals surface area (Å²) in [6, 6.07) is 72.0. The van der Waals surface area contributed by atoms with Crippen LogP contribution in [-0.4, -0.2) is 4.57 Å². The molecule has 0 bridgehead atoms. The van der Waals surface area contributed by atoms with Crippen molar-refractivity contribution >= 4 is 56.0 Å². The number of allylic oxidation sites excluding steroid dienone is 1. The number of aromatic nitrogens is 1. The van der Waals surface area contributed by atoms with Gasteiger partial charge in [-0.25, -0.2) is 0 Å². The highest BCUT2D eigenvalue weighted by atomic mass is 16.3. The molecule has 0 spiro atoms. The molecule has 9 aromatic carbocycles. The second-order valence-corrected chi connectivity index (χ2v) is 20.4. The zero-order valence-corrected chi connectivity index (χ0v) is 39.3. The summed E-state index contributed by atoms with van der Waals surface area (Å²) in [5, 5.41) is 3.48. The molecule has 2 aromatic heterocycles. The van der Waals surface area contributed by atoms with E-state index in [0.717, 1.165) is 57.4 Å². The van der Waals surface area contributed by atoms with Gasteiger partial charge in [-0.05, 0) is 141 Å². The van der Waals surface area contributed by atoms with Gasteiger partial charge in [0.1, 0.15) is 11.2 Å². The first-order chi connectivity index (χ1) is 33.7. The Morgan fingerprint density at radius 2 is 1.12 bits per heavy atom. The summed E-state index contributed by atoms with van der Waals surface area (Å²) in [6.45, 7) is 9.46. The standard InChI is InChI=1S/C66H50N2O/c1-65(2)54-22-12-9-20-50(54)63-55(65)23-14-25-59(63)67(45-32-28-42(29-33-45)41-16-6-5-7-17-41)60-26-15-27-62-64(60)52-39-44(31-37-61(52)69-62)43-30-36-58-51(38-43)49-19-10-13-24-57(49)68(58)46-34-35-48-47-18-8-11-21-53(47)66(3,4)56(48)40-46/h5-12,14-23,25-40H,13,24H2,1-4H3. The fourth-order valence-electron chi connectivity index (χ4n) is 12.5. The lowest BCUT2D eigenvalue weighted by atomic mass is 9.82. The normalized spacial score (nSPS) is 14.7. The zero-order chi connectivity index (χ0) is 46.2. The first-order valence-corrected chi connectivity index (χ1v) is 24.5. The maximum Gasteiger partial charge on any atom is 0.137 e. The molecule has 0 aliphatic heterocycles.